The lowest BCUT2D eigenvalue weighted by Gasteiger charge is -2.15. The SMILES string of the molecule is COc1ccc(-n2ncc(Oc3cccc(C)c3)c(Nc3ccc(C(=O)NCCc4ccccn4)cc3)c2=O)cc1. The molecule has 5 aromatic rings. The van der Waals surface area contributed by atoms with Crippen molar-refractivity contribution in [2.24, 2.45) is 0 Å². The van der Waals surface area contributed by atoms with E-state index >= 15 is 0 Å². The molecule has 2 heterocycles. The van der Waals surface area contributed by atoms with Crippen molar-refractivity contribution in [1.29, 1.82) is 0 Å². The Hall–Kier alpha value is -5.44. The summed E-state index contributed by atoms with van der Waals surface area (Å²) in [5, 5.41) is 10.4. The van der Waals surface area contributed by atoms with Crippen LogP contribution in [0.1, 0.15) is 21.6 Å². The fraction of sp³-hybridized carbons (Fsp3) is 0.125. The van der Waals surface area contributed by atoms with Crippen LogP contribution in [0.4, 0.5) is 11.4 Å². The van der Waals surface area contributed by atoms with E-state index in [1.54, 1.807) is 61.8 Å². The number of amides is 1. The largest absolute Gasteiger partial charge is 0.497 e. The molecule has 41 heavy (non-hydrogen) atoms. The molecule has 1 amide bonds. The molecule has 0 unspecified atom stereocenters. The number of rotatable bonds is 10. The van der Waals surface area contributed by atoms with Gasteiger partial charge in [-0.25, -0.2) is 0 Å². The number of carbonyl (C=O) groups is 1. The molecule has 9 heteroatoms. The lowest BCUT2D eigenvalue weighted by Crippen LogP contribution is -2.26. The smallest absolute Gasteiger partial charge is 0.299 e. The summed E-state index contributed by atoms with van der Waals surface area (Å²) >= 11 is 0. The highest BCUT2D eigenvalue weighted by molar-refractivity contribution is 5.94. The number of aryl methyl sites for hydroxylation is 1. The van der Waals surface area contributed by atoms with Crippen molar-refractivity contribution in [3.8, 4) is 22.9 Å². The van der Waals surface area contributed by atoms with Crippen molar-refractivity contribution in [3.63, 3.8) is 0 Å². The summed E-state index contributed by atoms with van der Waals surface area (Å²) in [7, 11) is 1.58. The highest BCUT2D eigenvalue weighted by Crippen LogP contribution is 2.29. The van der Waals surface area contributed by atoms with E-state index in [1.807, 2.05) is 49.4 Å². The van der Waals surface area contributed by atoms with Crippen molar-refractivity contribution in [2.75, 3.05) is 19.0 Å². The van der Waals surface area contributed by atoms with Crippen LogP contribution in [0.25, 0.3) is 5.69 Å². The highest BCUT2D eigenvalue weighted by atomic mass is 16.5. The van der Waals surface area contributed by atoms with E-state index < -0.39 is 5.56 Å². The molecule has 0 radical (unpaired) electrons. The zero-order chi connectivity index (χ0) is 28.6. The Labute approximate surface area is 237 Å². The van der Waals surface area contributed by atoms with E-state index in [0.29, 0.717) is 41.4 Å². The summed E-state index contributed by atoms with van der Waals surface area (Å²) < 4.78 is 12.6. The van der Waals surface area contributed by atoms with E-state index in [-0.39, 0.29) is 17.3 Å². The Morgan fingerprint density at radius 1 is 0.927 bits per heavy atom. The molecule has 0 aliphatic carbocycles. The first-order valence-electron chi connectivity index (χ1n) is 13.1. The molecule has 206 valence electrons. The molecule has 0 spiro atoms. The van der Waals surface area contributed by atoms with Crippen molar-refractivity contribution in [1.82, 2.24) is 20.1 Å². The van der Waals surface area contributed by atoms with Crippen molar-refractivity contribution in [2.45, 2.75) is 13.3 Å². The molecule has 2 N–H and O–H groups in total. The fourth-order valence-corrected chi connectivity index (χ4v) is 4.15. The van der Waals surface area contributed by atoms with Crippen LogP contribution in [0.5, 0.6) is 17.2 Å². The summed E-state index contributed by atoms with van der Waals surface area (Å²) in [5.41, 5.74) is 3.39. The maximum atomic E-state index is 13.7. The van der Waals surface area contributed by atoms with E-state index in [4.69, 9.17) is 9.47 Å². The van der Waals surface area contributed by atoms with Crippen molar-refractivity contribution >= 4 is 17.3 Å². The fourth-order valence-electron chi connectivity index (χ4n) is 4.15. The predicted octanol–water partition coefficient (Wildman–Crippen LogP) is 5.45. The van der Waals surface area contributed by atoms with Crippen LogP contribution in [0, 0.1) is 6.92 Å². The molecule has 5 rings (SSSR count). The van der Waals surface area contributed by atoms with E-state index in [9.17, 15) is 9.59 Å². The zero-order valence-corrected chi connectivity index (χ0v) is 22.7. The predicted molar refractivity (Wildman–Crippen MR) is 158 cm³/mol. The number of hydrogen-bond donors (Lipinski definition) is 2. The number of methoxy groups -OCH3 is 1. The van der Waals surface area contributed by atoms with Gasteiger partial charge in [0.15, 0.2) is 11.4 Å². The second kappa shape index (κ2) is 12.6. The zero-order valence-electron chi connectivity index (χ0n) is 22.7. The molecule has 2 aromatic heterocycles. The van der Waals surface area contributed by atoms with Crippen LogP contribution in [0.15, 0.2) is 108 Å². The van der Waals surface area contributed by atoms with Crippen LogP contribution in [0.2, 0.25) is 0 Å². The molecular weight excluding hydrogens is 518 g/mol. The van der Waals surface area contributed by atoms with Crippen molar-refractivity contribution < 1.29 is 14.3 Å². The Morgan fingerprint density at radius 3 is 2.44 bits per heavy atom. The molecule has 0 bridgehead atoms. The minimum absolute atomic E-state index is 0.193. The first-order valence-corrected chi connectivity index (χ1v) is 13.1. The Bertz CT molecular complexity index is 1680. The number of aromatic nitrogens is 3. The molecule has 0 aliphatic rings. The Kier molecular flexibility index (Phi) is 8.35. The molecular formula is C32H29N5O4. The third-order valence-electron chi connectivity index (χ3n) is 6.29. The summed E-state index contributed by atoms with van der Waals surface area (Å²) in [4.78, 5) is 30.6. The van der Waals surface area contributed by atoms with Gasteiger partial charge in [0.05, 0.1) is 19.0 Å². The van der Waals surface area contributed by atoms with Gasteiger partial charge in [0.2, 0.25) is 0 Å². The normalized spacial score (nSPS) is 10.6. The van der Waals surface area contributed by atoms with Crippen LogP contribution < -0.4 is 25.7 Å². The number of ether oxygens (including phenoxy) is 2. The number of pyridine rings is 1. The molecule has 3 aromatic carbocycles. The van der Waals surface area contributed by atoms with E-state index in [2.05, 4.69) is 20.7 Å². The van der Waals surface area contributed by atoms with Crippen molar-refractivity contribution in [3.05, 3.63) is 131 Å². The van der Waals surface area contributed by atoms with Gasteiger partial charge < -0.3 is 20.1 Å². The summed E-state index contributed by atoms with van der Waals surface area (Å²) in [6.45, 7) is 2.43. The molecule has 0 fully saturated rings. The van der Waals surface area contributed by atoms with Gasteiger partial charge in [0, 0.05) is 36.1 Å². The van der Waals surface area contributed by atoms with Gasteiger partial charge in [-0.15, -0.1) is 0 Å². The number of anilines is 2. The second-order valence-corrected chi connectivity index (χ2v) is 9.25. The van der Waals surface area contributed by atoms with Gasteiger partial charge in [0.1, 0.15) is 11.5 Å². The number of carbonyl (C=O) groups excluding carboxylic acids is 1. The molecule has 0 saturated heterocycles. The number of hydrogen-bond acceptors (Lipinski definition) is 7. The minimum atomic E-state index is -0.406. The lowest BCUT2D eigenvalue weighted by atomic mass is 10.2. The van der Waals surface area contributed by atoms with E-state index in [0.717, 1.165) is 11.3 Å². The van der Waals surface area contributed by atoms with E-state index in [1.165, 1.54) is 10.9 Å². The van der Waals surface area contributed by atoms with Gasteiger partial charge in [-0.1, -0.05) is 18.2 Å². The van der Waals surface area contributed by atoms with Crippen LogP contribution in [-0.2, 0) is 6.42 Å². The Morgan fingerprint density at radius 2 is 1.73 bits per heavy atom. The van der Waals surface area contributed by atoms with Gasteiger partial charge in [0.25, 0.3) is 11.5 Å². The standard InChI is InChI=1S/C32H29N5O4/c1-22-6-5-8-28(20-22)41-29-21-35-37(26-13-15-27(40-2)16-14-26)32(39)30(29)36-25-11-9-23(10-12-25)31(38)34-19-17-24-7-3-4-18-33-24/h3-16,18,20-21,36H,17,19H2,1-2H3,(H,34,38). The van der Waals surface area contributed by atoms with Crippen LogP contribution in [-0.4, -0.2) is 34.3 Å². The second-order valence-electron chi connectivity index (χ2n) is 9.25. The average molecular weight is 548 g/mol. The first-order chi connectivity index (χ1) is 20.0. The Balaban J connectivity index is 1.38. The molecule has 0 saturated carbocycles. The molecule has 0 atom stereocenters. The lowest BCUT2D eigenvalue weighted by molar-refractivity contribution is 0.0954. The first kappa shape index (κ1) is 27.1. The highest BCUT2D eigenvalue weighted by Gasteiger charge is 2.16. The minimum Gasteiger partial charge on any atom is -0.497 e. The third kappa shape index (κ3) is 6.77. The van der Waals surface area contributed by atoms with Crippen LogP contribution in [0.3, 0.4) is 0 Å². The maximum absolute atomic E-state index is 13.7. The summed E-state index contributed by atoms with van der Waals surface area (Å²) in [5.74, 6) is 1.32. The summed E-state index contributed by atoms with van der Waals surface area (Å²) in [6, 6.07) is 27.1. The average Bonchev–Trinajstić information content (AvgIpc) is 3.00. The molecule has 9 nitrogen and oxygen atoms in total. The van der Waals surface area contributed by atoms with Gasteiger partial charge in [-0.3, -0.25) is 14.6 Å². The molecule has 0 aliphatic heterocycles. The monoisotopic (exact) mass is 547 g/mol. The van der Waals surface area contributed by atoms with Gasteiger partial charge >= 0.3 is 0 Å². The van der Waals surface area contributed by atoms with Gasteiger partial charge in [-0.05, 0) is 85.3 Å². The van der Waals surface area contributed by atoms with Gasteiger partial charge in [-0.2, -0.15) is 9.78 Å². The number of nitrogens with zero attached hydrogens (tertiary/aromatic N) is 3. The third-order valence-corrected chi connectivity index (χ3v) is 6.29. The summed E-state index contributed by atoms with van der Waals surface area (Å²) in [6.07, 6.45) is 3.87. The maximum Gasteiger partial charge on any atom is 0.299 e. The van der Waals surface area contributed by atoms with Crippen LogP contribution >= 0.6 is 0 Å². The topological polar surface area (TPSA) is 107 Å². The number of benzene rings is 3. The number of nitrogens with one attached hydrogen (secondary N) is 2. The quantitative estimate of drug-likeness (QED) is 0.239.